The molecule has 0 spiro atoms. The number of aliphatic hydroxyl groups excluding tert-OH is 1. The number of aryl methyl sites for hydroxylation is 1. The molecule has 1 N–H and O–H groups in total. The van der Waals surface area contributed by atoms with E-state index in [4.69, 9.17) is 0 Å². The number of aromatic nitrogens is 4. The molecule has 2 aliphatic rings. The van der Waals surface area contributed by atoms with Gasteiger partial charge < -0.3 is 9.67 Å². The summed E-state index contributed by atoms with van der Waals surface area (Å²) < 4.78 is 2.21. The lowest BCUT2D eigenvalue weighted by molar-refractivity contribution is -0.0255. The Kier molecular flexibility index (Phi) is 2.98. The van der Waals surface area contributed by atoms with Crippen LogP contribution in [-0.4, -0.2) is 42.1 Å². The molecule has 4 heterocycles. The van der Waals surface area contributed by atoms with Crippen LogP contribution in [-0.2, 0) is 6.54 Å². The Morgan fingerprint density at radius 3 is 2.79 bits per heavy atom. The Labute approximate surface area is 139 Å². The third kappa shape index (κ3) is 2.00. The molecule has 1 fully saturated rings. The minimum absolute atomic E-state index is 0.514. The zero-order valence-electron chi connectivity index (χ0n) is 13.6. The molecule has 1 unspecified atom stereocenters. The maximum absolute atomic E-state index is 11.1. The molecule has 3 aromatic rings. The first-order chi connectivity index (χ1) is 11.7. The number of hydrogen-bond acceptors (Lipinski definition) is 5. The molecule has 1 atom stereocenters. The highest BCUT2D eigenvalue weighted by Gasteiger charge is 2.39. The Bertz CT molecular complexity index is 930. The van der Waals surface area contributed by atoms with Crippen molar-refractivity contribution in [3.05, 3.63) is 42.1 Å². The van der Waals surface area contributed by atoms with Crippen molar-refractivity contribution in [1.82, 2.24) is 24.4 Å². The van der Waals surface area contributed by atoms with Crippen molar-refractivity contribution in [3.63, 3.8) is 0 Å². The van der Waals surface area contributed by atoms with Crippen molar-refractivity contribution in [3.8, 4) is 11.3 Å². The molecule has 1 aliphatic heterocycles. The fourth-order valence-corrected chi connectivity index (χ4v) is 3.83. The molecule has 122 valence electrons. The lowest BCUT2D eigenvalue weighted by Crippen LogP contribution is -2.39. The summed E-state index contributed by atoms with van der Waals surface area (Å²) in [6.07, 6.45) is 5.32. The molecule has 6 heteroatoms. The fraction of sp³-hybridized carbons (Fsp3) is 0.389. The quantitative estimate of drug-likeness (QED) is 0.784. The molecule has 0 radical (unpaired) electrons. The summed E-state index contributed by atoms with van der Waals surface area (Å²) in [5, 5.41) is 11.1. The number of aliphatic hydroxyl groups is 1. The number of hydrogen-bond donors (Lipinski definition) is 1. The van der Waals surface area contributed by atoms with Gasteiger partial charge in [-0.15, -0.1) is 0 Å². The Morgan fingerprint density at radius 1 is 1.12 bits per heavy atom. The summed E-state index contributed by atoms with van der Waals surface area (Å²) in [5.74, 6) is 0.723. The minimum Gasteiger partial charge on any atom is -0.372 e. The predicted octanol–water partition coefficient (Wildman–Crippen LogP) is 2.27. The van der Waals surface area contributed by atoms with Crippen LogP contribution in [0.2, 0.25) is 0 Å². The van der Waals surface area contributed by atoms with Gasteiger partial charge in [-0.1, -0.05) is 0 Å². The van der Waals surface area contributed by atoms with Gasteiger partial charge in [-0.05, 0) is 38.0 Å². The molecule has 1 saturated carbocycles. The van der Waals surface area contributed by atoms with Crippen LogP contribution in [0.25, 0.3) is 22.3 Å². The van der Waals surface area contributed by atoms with E-state index < -0.39 is 6.23 Å². The van der Waals surface area contributed by atoms with Crippen molar-refractivity contribution < 1.29 is 5.11 Å². The number of pyridine rings is 1. The summed E-state index contributed by atoms with van der Waals surface area (Å²) >= 11 is 0. The SMILES string of the molecule is Cc1nccc(-c2c3n(c4cccnc24)CCN(C2CC2)C3O)n1. The van der Waals surface area contributed by atoms with Crippen LogP contribution >= 0.6 is 0 Å². The van der Waals surface area contributed by atoms with E-state index in [9.17, 15) is 5.11 Å². The highest BCUT2D eigenvalue weighted by atomic mass is 16.3. The minimum atomic E-state index is -0.606. The van der Waals surface area contributed by atoms with E-state index in [0.717, 1.165) is 46.9 Å². The van der Waals surface area contributed by atoms with Gasteiger partial charge >= 0.3 is 0 Å². The van der Waals surface area contributed by atoms with Crippen molar-refractivity contribution >= 4 is 11.0 Å². The third-order valence-corrected chi connectivity index (χ3v) is 5.05. The Morgan fingerprint density at radius 2 is 2.00 bits per heavy atom. The molecule has 0 amide bonds. The first-order valence-electron chi connectivity index (χ1n) is 8.45. The normalized spacial score (nSPS) is 21.2. The molecule has 6 nitrogen and oxygen atoms in total. The van der Waals surface area contributed by atoms with Crippen LogP contribution in [0.1, 0.15) is 30.6 Å². The second-order valence-electron chi connectivity index (χ2n) is 6.61. The summed E-state index contributed by atoms with van der Waals surface area (Å²) in [5.41, 5.74) is 4.65. The van der Waals surface area contributed by atoms with Gasteiger partial charge in [0.2, 0.25) is 0 Å². The van der Waals surface area contributed by atoms with Crippen LogP contribution in [0, 0.1) is 6.92 Å². The van der Waals surface area contributed by atoms with Crippen molar-refractivity contribution in [2.75, 3.05) is 6.54 Å². The molecule has 3 aromatic heterocycles. The summed E-state index contributed by atoms with van der Waals surface area (Å²) in [4.78, 5) is 15.6. The van der Waals surface area contributed by atoms with E-state index in [-0.39, 0.29) is 0 Å². The summed E-state index contributed by atoms with van der Waals surface area (Å²) in [7, 11) is 0. The largest absolute Gasteiger partial charge is 0.372 e. The van der Waals surface area contributed by atoms with E-state index in [1.54, 1.807) is 12.4 Å². The molecule has 5 rings (SSSR count). The van der Waals surface area contributed by atoms with Crippen LogP contribution < -0.4 is 0 Å². The van der Waals surface area contributed by atoms with E-state index in [1.165, 1.54) is 12.8 Å². The highest BCUT2D eigenvalue weighted by Crippen LogP contribution is 2.42. The first kappa shape index (κ1) is 14.1. The van der Waals surface area contributed by atoms with Crippen molar-refractivity contribution in [2.45, 2.75) is 38.6 Å². The summed E-state index contributed by atoms with van der Waals surface area (Å²) in [6, 6.07) is 6.44. The van der Waals surface area contributed by atoms with Gasteiger partial charge in [0.1, 0.15) is 12.1 Å². The monoisotopic (exact) mass is 321 g/mol. The highest BCUT2D eigenvalue weighted by molar-refractivity contribution is 5.94. The van der Waals surface area contributed by atoms with Crippen LogP contribution in [0.3, 0.4) is 0 Å². The van der Waals surface area contributed by atoms with Gasteiger partial charge in [0.05, 0.1) is 28.0 Å². The van der Waals surface area contributed by atoms with Crippen molar-refractivity contribution in [1.29, 1.82) is 0 Å². The Hall–Kier alpha value is -2.31. The smallest absolute Gasteiger partial charge is 0.149 e. The topological polar surface area (TPSA) is 67.1 Å². The van der Waals surface area contributed by atoms with E-state index in [0.29, 0.717) is 6.04 Å². The molecule has 0 saturated heterocycles. The Balaban J connectivity index is 1.79. The lowest BCUT2D eigenvalue weighted by atomic mass is 10.1. The van der Waals surface area contributed by atoms with Gasteiger partial charge in [0.15, 0.2) is 0 Å². The first-order valence-corrected chi connectivity index (χ1v) is 8.45. The summed E-state index contributed by atoms with van der Waals surface area (Å²) in [6.45, 7) is 3.63. The molecule has 24 heavy (non-hydrogen) atoms. The van der Waals surface area contributed by atoms with Gasteiger partial charge in [-0.3, -0.25) is 9.88 Å². The van der Waals surface area contributed by atoms with Gasteiger partial charge in [0, 0.05) is 31.5 Å². The van der Waals surface area contributed by atoms with Gasteiger partial charge in [-0.25, -0.2) is 9.97 Å². The molecule has 0 aromatic carbocycles. The van der Waals surface area contributed by atoms with Crippen LogP contribution in [0.15, 0.2) is 30.6 Å². The number of nitrogens with zero attached hydrogens (tertiary/aromatic N) is 5. The lowest BCUT2D eigenvalue weighted by Gasteiger charge is -2.34. The van der Waals surface area contributed by atoms with Gasteiger partial charge in [-0.2, -0.15) is 0 Å². The molecule has 1 aliphatic carbocycles. The van der Waals surface area contributed by atoms with Crippen LogP contribution in [0.5, 0.6) is 0 Å². The van der Waals surface area contributed by atoms with Crippen molar-refractivity contribution in [2.24, 2.45) is 0 Å². The molecular weight excluding hydrogens is 302 g/mol. The third-order valence-electron chi connectivity index (χ3n) is 5.05. The molecular formula is C18H19N5O. The van der Waals surface area contributed by atoms with Crippen LogP contribution in [0.4, 0.5) is 0 Å². The van der Waals surface area contributed by atoms with Gasteiger partial charge in [0.25, 0.3) is 0 Å². The van der Waals surface area contributed by atoms with E-state index in [1.807, 2.05) is 19.1 Å². The number of fused-ring (bicyclic) bond motifs is 3. The van der Waals surface area contributed by atoms with E-state index >= 15 is 0 Å². The number of rotatable bonds is 2. The zero-order valence-corrected chi connectivity index (χ0v) is 13.6. The second-order valence-corrected chi connectivity index (χ2v) is 6.61. The molecule has 0 bridgehead atoms. The average molecular weight is 321 g/mol. The zero-order chi connectivity index (χ0) is 16.3. The average Bonchev–Trinajstić information content (AvgIpc) is 3.37. The maximum atomic E-state index is 11.1. The maximum Gasteiger partial charge on any atom is 0.149 e. The fourth-order valence-electron chi connectivity index (χ4n) is 3.83. The second kappa shape index (κ2) is 5.09. The van der Waals surface area contributed by atoms with E-state index in [2.05, 4.69) is 30.5 Å². The predicted molar refractivity (Wildman–Crippen MR) is 90.2 cm³/mol. The standard InChI is InChI=1S/C18H19N5O/c1-11-19-8-6-13(21-11)15-16-14(3-2-7-20-16)23-10-9-22(12-4-5-12)18(24)17(15)23/h2-3,6-8,12,18,24H,4-5,9-10H2,1H3.